The van der Waals surface area contributed by atoms with Crippen molar-refractivity contribution in [2.24, 2.45) is 0 Å². The van der Waals surface area contributed by atoms with E-state index in [-0.39, 0.29) is 6.61 Å². The third kappa shape index (κ3) is 4.48. The van der Waals surface area contributed by atoms with Crippen molar-refractivity contribution in [1.29, 1.82) is 0 Å². The molecule has 0 radical (unpaired) electrons. The van der Waals surface area contributed by atoms with Crippen molar-refractivity contribution in [3.63, 3.8) is 0 Å². The maximum absolute atomic E-state index is 8.64. The zero-order valence-corrected chi connectivity index (χ0v) is 9.97. The molecule has 1 rings (SSSR count). The number of rotatable bonds is 6. The quantitative estimate of drug-likeness (QED) is 0.720. The van der Waals surface area contributed by atoms with Crippen LogP contribution in [0.15, 0.2) is 6.07 Å². The highest BCUT2D eigenvalue weighted by molar-refractivity contribution is 7.98. The Kier molecular flexibility index (Phi) is 5.42. The Morgan fingerprint density at radius 2 is 2.27 bits per heavy atom. The lowest BCUT2D eigenvalue weighted by atomic mass is 10.4. The van der Waals surface area contributed by atoms with Gasteiger partial charge in [0.25, 0.3) is 0 Å². The van der Waals surface area contributed by atoms with E-state index in [9.17, 15) is 0 Å². The number of hydrogen-bond acceptors (Lipinski definition) is 5. The predicted octanol–water partition coefficient (Wildman–Crippen LogP) is 1.44. The summed E-state index contributed by atoms with van der Waals surface area (Å²) in [5, 5.41) is 11.6. The normalized spacial score (nSPS) is 10.3. The first-order valence-corrected chi connectivity index (χ1v) is 6.12. The molecule has 0 fully saturated rings. The number of aliphatic hydroxyl groups is 1. The largest absolute Gasteiger partial charge is 0.396 e. The van der Waals surface area contributed by atoms with Crippen molar-refractivity contribution in [2.45, 2.75) is 19.1 Å². The number of hydrogen-bond donors (Lipinski definition) is 2. The minimum atomic E-state index is 0.253. The second-order valence-electron chi connectivity index (χ2n) is 3.19. The third-order valence-corrected chi connectivity index (χ3v) is 2.87. The minimum absolute atomic E-state index is 0.253. The Hall–Kier alpha value is -0.810. The van der Waals surface area contributed by atoms with E-state index in [4.69, 9.17) is 5.11 Å². The van der Waals surface area contributed by atoms with Gasteiger partial charge in [-0.2, -0.15) is 11.8 Å². The van der Waals surface area contributed by atoms with Gasteiger partial charge in [-0.1, -0.05) is 0 Å². The maximum atomic E-state index is 8.64. The van der Waals surface area contributed by atoms with Crippen LogP contribution in [0.5, 0.6) is 0 Å². The summed E-state index contributed by atoms with van der Waals surface area (Å²) in [4.78, 5) is 8.69. The highest BCUT2D eigenvalue weighted by Crippen LogP contribution is 2.12. The average molecular weight is 227 g/mol. The fraction of sp³-hybridized carbons (Fsp3) is 0.600. The molecule has 0 bridgehead atoms. The molecule has 5 heteroatoms. The lowest BCUT2D eigenvalue weighted by Gasteiger charge is -2.04. The molecule has 0 amide bonds. The van der Waals surface area contributed by atoms with Crippen LogP contribution >= 0.6 is 11.8 Å². The van der Waals surface area contributed by atoms with Crippen molar-refractivity contribution < 1.29 is 5.11 Å². The molecule has 1 heterocycles. The summed E-state index contributed by atoms with van der Waals surface area (Å²) in [7, 11) is 1.85. The second kappa shape index (κ2) is 6.63. The van der Waals surface area contributed by atoms with E-state index in [0.717, 1.165) is 35.3 Å². The second-order valence-corrected chi connectivity index (χ2v) is 4.30. The molecule has 0 unspecified atom stereocenters. The van der Waals surface area contributed by atoms with Gasteiger partial charge in [0, 0.05) is 25.4 Å². The van der Waals surface area contributed by atoms with Crippen LogP contribution in [0.25, 0.3) is 0 Å². The predicted molar refractivity (Wildman–Crippen MR) is 64.2 cm³/mol. The van der Waals surface area contributed by atoms with E-state index < -0.39 is 0 Å². The summed E-state index contributed by atoms with van der Waals surface area (Å²) in [6.07, 6.45) is 0.829. The van der Waals surface area contributed by atoms with Crippen LogP contribution in [0.4, 0.5) is 5.82 Å². The van der Waals surface area contributed by atoms with Crippen LogP contribution in [0, 0.1) is 6.92 Å². The minimum Gasteiger partial charge on any atom is -0.396 e. The van der Waals surface area contributed by atoms with Gasteiger partial charge in [0.2, 0.25) is 0 Å². The Labute approximate surface area is 94.5 Å². The van der Waals surface area contributed by atoms with Crippen molar-refractivity contribution in [1.82, 2.24) is 9.97 Å². The number of nitrogens with zero attached hydrogens (tertiary/aromatic N) is 2. The summed E-state index contributed by atoms with van der Waals surface area (Å²) in [6.45, 7) is 2.22. The summed E-state index contributed by atoms with van der Waals surface area (Å²) in [6, 6.07) is 1.92. The lowest BCUT2D eigenvalue weighted by molar-refractivity contribution is 0.296. The molecule has 0 saturated heterocycles. The first kappa shape index (κ1) is 12.3. The Balaban J connectivity index is 2.49. The van der Waals surface area contributed by atoms with Gasteiger partial charge in [0.05, 0.1) is 5.75 Å². The SMILES string of the molecule is CNc1cc(C)nc(CSCCCO)n1. The average Bonchev–Trinajstić information content (AvgIpc) is 2.23. The van der Waals surface area contributed by atoms with Gasteiger partial charge < -0.3 is 10.4 Å². The molecule has 0 aliphatic heterocycles. The molecule has 2 N–H and O–H groups in total. The number of thioether (sulfide) groups is 1. The van der Waals surface area contributed by atoms with E-state index in [0.29, 0.717) is 0 Å². The molecule has 4 nitrogen and oxygen atoms in total. The van der Waals surface area contributed by atoms with Gasteiger partial charge >= 0.3 is 0 Å². The van der Waals surface area contributed by atoms with Gasteiger partial charge in [-0.3, -0.25) is 0 Å². The van der Waals surface area contributed by atoms with Crippen LogP contribution in [0.2, 0.25) is 0 Å². The van der Waals surface area contributed by atoms with Crippen LogP contribution in [0.1, 0.15) is 17.9 Å². The van der Waals surface area contributed by atoms with Gasteiger partial charge in [-0.05, 0) is 19.1 Å². The number of anilines is 1. The molecule has 0 spiro atoms. The molecule has 84 valence electrons. The topological polar surface area (TPSA) is 58.0 Å². The van der Waals surface area contributed by atoms with E-state index in [1.165, 1.54) is 0 Å². The molecule has 0 aliphatic rings. The highest BCUT2D eigenvalue weighted by atomic mass is 32.2. The Bertz CT molecular complexity index is 307. The molecule has 0 atom stereocenters. The smallest absolute Gasteiger partial charge is 0.140 e. The Morgan fingerprint density at radius 3 is 2.93 bits per heavy atom. The van der Waals surface area contributed by atoms with Crippen LogP contribution in [-0.2, 0) is 5.75 Å². The maximum Gasteiger partial charge on any atom is 0.140 e. The fourth-order valence-corrected chi connectivity index (χ4v) is 1.94. The molecule has 0 aliphatic carbocycles. The molecule has 0 saturated carbocycles. The van der Waals surface area contributed by atoms with E-state index in [2.05, 4.69) is 15.3 Å². The third-order valence-electron chi connectivity index (χ3n) is 1.83. The van der Waals surface area contributed by atoms with Crippen molar-refractivity contribution >= 4 is 17.6 Å². The van der Waals surface area contributed by atoms with Gasteiger partial charge in [0.1, 0.15) is 11.6 Å². The Morgan fingerprint density at radius 1 is 1.47 bits per heavy atom. The van der Waals surface area contributed by atoms with Crippen molar-refractivity contribution in [2.75, 3.05) is 24.7 Å². The molecular weight excluding hydrogens is 210 g/mol. The molecular formula is C10H17N3OS. The lowest BCUT2D eigenvalue weighted by Crippen LogP contribution is -2.01. The number of nitrogens with one attached hydrogen (secondary N) is 1. The zero-order valence-electron chi connectivity index (χ0n) is 9.16. The molecule has 0 aromatic carbocycles. The van der Waals surface area contributed by atoms with Crippen LogP contribution in [-0.4, -0.2) is 34.5 Å². The first-order chi connectivity index (χ1) is 7.26. The van der Waals surface area contributed by atoms with Crippen LogP contribution in [0.3, 0.4) is 0 Å². The van der Waals surface area contributed by atoms with E-state index in [1.54, 1.807) is 11.8 Å². The molecule has 1 aromatic rings. The number of aliphatic hydroxyl groups excluding tert-OH is 1. The zero-order chi connectivity index (χ0) is 11.1. The van der Waals surface area contributed by atoms with Crippen LogP contribution < -0.4 is 5.32 Å². The molecule has 15 heavy (non-hydrogen) atoms. The number of aryl methyl sites for hydroxylation is 1. The summed E-state index contributed by atoms with van der Waals surface area (Å²) in [5.41, 5.74) is 0.979. The summed E-state index contributed by atoms with van der Waals surface area (Å²) >= 11 is 1.75. The molecule has 1 aromatic heterocycles. The monoisotopic (exact) mass is 227 g/mol. The standard InChI is InChI=1S/C10H17N3OS/c1-8-6-9(11-2)13-10(12-8)7-15-5-3-4-14/h6,14H,3-5,7H2,1-2H3,(H,11,12,13). The highest BCUT2D eigenvalue weighted by Gasteiger charge is 2.01. The first-order valence-electron chi connectivity index (χ1n) is 4.97. The van der Waals surface area contributed by atoms with Gasteiger partial charge in [0.15, 0.2) is 0 Å². The van der Waals surface area contributed by atoms with Crippen molar-refractivity contribution in [3.05, 3.63) is 17.6 Å². The van der Waals surface area contributed by atoms with Crippen molar-refractivity contribution in [3.8, 4) is 0 Å². The fourth-order valence-electron chi connectivity index (χ4n) is 1.15. The van der Waals surface area contributed by atoms with E-state index >= 15 is 0 Å². The summed E-state index contributed by atoms with van der Waals surface area (Å²) in [5.74, 6) is 3.46. The number of aromatic nitrogens is 2. The van der Waals surface area contributed by atoms with E-state index in [1.807, 2.05) is 20.0 Å². The van der Waals surface area contributed by atoms with Gasteiger partial charge in [-0.25, -0.2) is 9.97 Å². The van der Waals surface area contributed by atoms with Gasteiger partial charge in [-0.15, -0.1) is 0 Å². The summed E-state index contributed by atoms with van der Waals surface area (Å²) < 4.78 is 0.